The Labute approximate surface area is 101 Å². The molecule has 1 saturated carbocycles. The van der Waals surface area contributed by atoms with Crippen molar-refractivity contribution in [2.24, 2.45) is 0 Å². The van der Waals surface area contributed by atoms with Gasteiger partial charge < -0.3 is 10.2 Å². The Balaban J connectivity index is 1.66. The second-order valence-corrected chi connectivity index (χ2v) is 5.42. The first kappa shape index (κ1) is 11.0. The molecule has 2 unspecified atom stereocenters. The fourth-order valence-electron chi connectivity index (χ4n) is 2.93. The van der Waals surface area contributed by atoms with Crippen LogP contribution in [0.3, 0.4) is 0 Å². The number of rotatable bonds is 2. The number of carbonyl (C=O) groups excluding carboxylic acids is 2. The summed E-state index contributed by atoms with van der Waals surface area (Å²) in [6.07, 6.45) is 3.62. The monoisotopic (exact) mass is 237 g/mol. The van der Waals surface area contributed by atoms with Gasteiger partial charge in [0.25, 0.3) is 0 Å². The predicted octanol–water partition coefficient (Wildman–Crippen LogP) is -0.430. The van der Waals surface area contributed by atoms with E-state index in [4.69, 9.17) is 0 Å². The number of amides is 2. The minimum Gasteiger partial charge on any atom is -0.343 e. The average Bonchev–Trinajstić information content (AvgIpc) is 3.02. The lowest BCUT2D eigenvalue weighted by Crippen LogP contribution is -2.60. The Kier molecular flexibility index (Phi) is 2.58. The quantitative estimate of drug-likeness (QED) is 0.709. The van der Waals surface area contributed by atoms with E-state index in [1.165, 1.54) is 12.8 Å². The van der Waals surface area contributed by atoms with Gasteiger partial charge in [0.05, 0.1) is 6.54 Å². The fourth-order valence-corrected chi connectivity index (χ4v) is 2.93. The zero-order valence-corrected chi connectivity index (χ0v) is 10.2. The van der Waals surface area contributed by atoms with Crippen molar-refractivity contribution in [2.45, 2.75) is 44.3 Å². The molecular formula is C12H19N3O2. The Morgan fingerprint density at radius 3 is 2.65 bits per heavy atom. The normalized spacial score (nSPS) is 35.2. The zero-order chi connectivity index (χ0) is 12.0. The van der Waals surface area contributed by atoms with Crippen molar-refractivity contribution in [3.05, 3.63) is 0 Å². The molecule has 2 heterocycles. The van der Waals surface area contributed by atoms with Crippen LogP contribution in [-0.4, -0.2) is 59.4 Å². The van der Waals surface area contributed by atoms with Crippen LogP contribution in [0.5, 0.6) is 0 Å². The molecule has 0 aromatic rings. The number of carbonyl (C=O) groups is 2. The molecule has 2 atom stereocenters. The minimum absolute atomic E-state index is 0.0260. The molecule has 94 valence electrons. The molecule has 2 saturated heterocycles. The number of hydrogen-bond acceptors (Lipinski definition) is 3. The lowest BCUT2D eigenvalue weighted by molar-refractivity contribution is -0.145. The molecule has 3 aliphatic rings. The molecule has 0 aromatic carbocycles. The van der Waals surface area contributed by atoms with E-state index in [2.05, 4.69) is 10.2 Å². The van der Waals surface area contributed by atoms with Gasteiger partial charge in [-0.25, -0.2) is 0 Å². The van der Waals surface area contributed by atoms with Crippen molar-refractivity contribution in [3.63, 3.8) is 0 Å². The lowest BCUT2D eigenvalue weighted by atomic mass is 10.1. The molecule has 2 amide bonds. The number of likely N-dealkylation sites (tertiary alicyclic amines) is 1. The summed E-state index contributed by atoms with van der Waals surface area (Å²) in [5.41, 5.74) is 0. The summed E-state index contributed by atoms with van der Waals surface area (Å²) in [4.78, 5) is 27.8. The number of nitrogens with one attached hydrogen (secondary N) is 1. The van der Waals surface area contributed by atoms with Crippen molar-refractivity contribution in [1.29, 1.82) is 0 Å². The maximum Gasteiger partial charge on any atom is 0.245 e. The topological polar surface area (TPSA) is 52.7 Å². The maximum atomic E-state index is 12.0. The molecule has 1 aliphatic carbocycles. The third kappa shape index (κ3) is 2.04. The van der Waals surface area contributed by atoms with Crippen LogP contribution in [0.4, 0.5) is 0 Å². The third-order valence-corrected chi connectivity index (χ3v) is 4.04. The van der Waals surface area contributed by atoms with Crippen molar-refractivity contribution < 1.29 is 9.59 Å². The number of nitrogens with zero attached hydrogens (tertiary/aromatic N) is 2. The highest BCUT2D eigenvalue weighted by atomic mass is 16.2. The van der Waals surface area contributed by atoms with Gasteiger partial charge in [-0.15, -0.1) is 0 Å². The molecule has 3 rings (SSSR count). The van der Waals surface area contributed by atoms with Gasteiger partial charge in [0, 0.05) is 25.2 Å². The largest absolute Gasteiger partial charge is 0.343 e. The van der Waals surface area contributed by atoms with Gasteiger partial charge >= 0.3 is 0 Å². The summed E-state index contributed by atoms with van der Waals surface area (Å²) in [5.74, 6) is 0.0502. The molecule has 5 heteroatoms. The molecule has 0 radical (unpaired) electrons. The van der Waals surface area contributed by atoms with E-state index in [0.717, 1.165) is 25.6 Å². The van der Waals surface area contributed by atoms with E-state index >= 15 is 0 Å². The summed E-state index contributed by atoms with van der Waals surface area (Å²) >= 11 is 0. The van der Waals surface area contributed by atoms with Crippen LogP contribution >= 0.6 is 0 Å². The van der Waals surface area contributed by atoms with E-state index in [-0.39, 0.29) is 30.4 Å². The average molecular weight is 237 g/mol. The maximum absolute atomic E-state index is 12.0. The van der Waals surface area contributed by atoms with Crippen LogP contribution in [0.1, 0.15) is 26.2 Å². The highest BCUT2D eigenvalue weighted by molar-refractivity contribution is 5.94. The standard InChI is InChI=1S/C12H19N3O2/c1-8-12(17)15(7-11(16)13-8)10-4-5-14(6-10)9-2-3-9/h8-10H,2-7H2,1H3,(H,13,16). The van der Waals surface area contributed by atoms with Gasteiger partial charge in [-0.2, -0.15) is 0 Å². The van der Waals surface area contributed by atoms with E-state index in [0.29, 0.717) is 0 Å². The molecule has 5 nitrogen and oxygen atoms in total. The third-order valence-electron chi connectivity index (χ3n) is 4.04. The summed E-state index contributed by atoms with van der Waals surface area (Å²) in [5, 5.41) is 2.69. The second kappa shape index (κ2) is 3.98. The van der Waals surface area contributed by atoms with Crippen LogP contribution in [-0.2, 0) is 9.59 Å². The SMILES string of the molecule is CC1NC(=O)CN(C2CCN(C3CC3)C2)C1=O. The molecule has 2 aliphatic heterocycles. The summed E-state index contributed by atoms with van der Waals surface area (Å²) in [6.45, 7) is 4.04. The van der Waals surface area contributed by atoms with Crippen molar-refractivity contribution in [3.8, 4) is 0 Å². The van der Waals surface area contributed by atoms with Crippen LogP contribution in [0.25, 0.3) is 0 Å². The number of piperazine rings is 1. The van der Waals surface area contributed by atoms with Crippen molar-refractivity contribution in [2.75, 3.05) is 19.6 Å². The van der Waals surface area contributed by atoms with Crippen LogP contribution in [0.2, 0.25) is 0 Å². The predicted molar refractivity (Wildman–Crippen MR) is 62.3 cm³/mol. The molecule has 1 N–H and O–H groups in total. The van der Waals surface area contributed by atoms with Crippen molar-refractivity contribution in [1.82, 2.24) is 15.1 Å². The molecule has 3 fully saturated rings. The molecule has 0 bridgehead atoms. The summed E-state index contributed by atoms with van der Waals surface area (Å²) in [6, 6.07) is 0.647. The Hall–Kier alpha value is -1.10. The van der Waals surface area contributed by atoms with Gasteiger partial charge in [0.1, 0.15) is 6.04 Å². The van der Waals surface area contributed by atoms with Crippen LogP contribution in [0.15, 0.2) is 0 Å². The van der Waals surface area contributed by atoms with Crippen LogP contribution < -0.4 is 5.32 Å². The van der Waals surface area contributed by atoms with E-state index in [1.54, 1.807) is 11.8 Å². The first-order valence-electron chi connectivity index (χ1n) is 6.49. The molecule has 0 aromatic heterocycles. The van der Waals surface area contributed by atoms with E-state index < -0.39 is 0 Å². The molecule has 17 heavy (non-hydrogen) atoms. The van der Waals surface area contributed by atoms with E-state index in [1.807, 2.05) is 0 Å². The van der Waals surface area contributed by atoms with E-state index in [9.17, 15) is 9.59 Å². The lowest BCUT2D eigenvalue weighted by Gasteiger charge is -2.35. The van der Waals surface area contributed by atoms with Crippen molar-refractivity contribution >= 4 is 11.8 Å². The van der Waals surface area contributed by atoms with Gasteiger partial charge in [-0.3, -0.25) is 14.5 Å². The first-order chi connectivity index (χ1) is 8.15. The summed E-state index contributed by atoms with van der Waals surface area (Å²) < 4.78 is 0. The number of hydrogen-bond donors (Lipinski definition) is 1. The second-order valence-electron chi connectivity index (χ2n) is 5.42. The highest BCUT2D eigenvalue weighted by Crippen LogP contribution is 2.31. The zero-order valence-electron chi connectivity index (χ0n) is 10.2. The van der Waals surface area contributed by atoms with Gasteiger partial charge in [-0.05, 0) is 26.2 Å². The fraction of sp³-hybridized carbons (Fsp3) is 0.833. The van der Waals surface area contributed by atoms with Gasteiger partial charge in [-0.1, -0.05) is 0 Å². The Morgan fingerprint density at radius 1 is 1.18 bits per heavy atom. The molecule has 0 spiro atoms. The smallest absolute Gasteiger partial charge is 0.245 e. The Morgan fingerprint density at radius 2 is 1.94 bits per heavy atom. The van der Waals surface area contributed by atoms with Crippen LogP contribution in [0, 0.1) is 0 Å². The summed E-state index contributed by atoms with van der Waals surface area (Å²) in [7, 11) is 0. The minimum atomic E-state index is -0.355. The molecular weight excluding hydrogens is 218 g/mol. The Bertz CT molecular complexity index is 354. The highest BCUT2D eigenvalue weighted by Gasteiger charge is 2.40. The van der Waals surface area contributed by atoms with Gasteiger partial charge in [0.15, 0.2) is 0 Å². The van der Waals surface area contributed by atoms with Gasteiger partial charge in [0.2, 0.25) is 11.8 Å². The first-order valence-corrected chi connectivity index (χ1v) is 6.49.